The minimum atomic E-state index is 0.815. The summed E-state index contributed by atoms with van der Waals surface area (Å²) >= 11 is 3.62. The summed E-state index contributed by atoms with van der Waals surface area (Å²) in [4.78, 5) is 0. The van der Waals surface area contributed by atoms with Crippen LogP contribution in [0.15, 0.2) is 18.2 Å². The Morgan fingerprint density at radius 2 is 1.88 bits per heavy atom. The molecular weight excluding hydrogens is 272 g/mol. The number of hydrogen-bond donors (Lipinski definition) is 0. The summed E-state index contributed by atoms with van der Waals surface area (Å²) in [5.74, 6) is 1.73. The van der Waals surface area contributed by atoms with Gasteiger partial charge in [0.1, 0.15) is 0 Å². The topological polar surface area (TPSA) is 0 Å². The normalized spacial score (nSPS) is 24.9. The first-order chi connectivity index (χ1) is 8.24. The molecule has 0 atom stereocenters. The quantitative estimate of drug-likeness (QED) is 0.670. The van der Waals surface area contributed by atoms with Crippen LogP contribution in [-0.4, -0.2) is 5.33 Å². The Bertz CT molecular complexity index is 362. The summed E-state index contributed by atoms with van der Waals surface area (Å²) in [7, 11) is 0. The molecule has 0 spiro atoms. The monoisotopic (exact) mass is 294 g/mol. The van der Waals surface area contributed by atoms with Crippen molar-refractivity contribution in [1.29, 1.82) is 0 Å². The molecule has 0 heterocycles. The Hall–Kier alpha value is -0.300. The SMILES string of the molecule is CCc1ccc(C2CCC(CBr)CC2)cc1C. The Balaban J connectivity index is 2.06. The zero-order valence-electron chi connectivity index (χ0n) is 11.0. The van der Waals surface area contributed by atoms with Crippen molar-refractivity contribution >= 4 is 15.9 Å². The van der Waals surface area contributed by atoms with E-state index in [0.29, 0.717) is 0 Å². The van der Waals surface area contributed by atoms with Crippen LogP contribution in [-0.2, 0) is 6.42 Å². The summed E-state index contributed by atoms with van der Waals surface area (Å²) in [6.45, 7) is 4.50. The van der Waals surface area contributed by atoms with Gasteiger partial charge in [-0.05, 0) is 67.6 Å². The van der Waals surface area contributed by atoms with Crippen molar-refractivity contribution in [2.24, 2.45) is 5.92 Å². The molecule has 1 saturated carbocycles. The lowest BCUT2D eigenvalue weighted by molar-refractivity contribution is 0.354. The second kappa shape index (κ2) is 6.04. The van der Waals surface area contributed by atoms with E-state index >= 15 is 0 Å². The highest BCUT2D eigenvalue weighted by atomic mass is 79.9. The van der Waals surface area contributed by atoms with Gasteiger partial charge >= 0.3 is 0 Å². The Labute approximate surface area is 114 Å². The van der Waals surface area contributed by atoms with Crippen LogP contribution in [0.2, 0.25) is 0 Å². The van der Waals surface area contributed by atoms with Crippen molar-refractivity contribution < 1.29 is 0 Å². The fourth-order valence-corrected chi connectivity index (χ4v) is 3.67. The van der Waals surface area contributed by atoms with Gasteiger partial charge in [-0.3, -0.25) is 0 Å². The van der Waals surface area contributed by atoms with Gasteiger partial charge in [0.05, 0.1) is 0 Å². The fraction of sp³-hybridized carbons (Fsp3) is 0.625. The summed E-state index contributed by atoms with van der Waals surface area (Å²) in [5.41, 5.74) is 4.56. The molecule has 94 valence electrons. The van der Waals surface area contributed by atoms with Crippen LogP contribution in [0.4, 0.5) is 0 Å². The van der Waals surface area contributed by atoms with E-state index in [1.54, 1.807) is 5.56 Å². The van der Waals surface area contributed by atoms with Crippen molar-refractivity contribution in [1.82, 2.24) is 0 Å². The molecule has 1 aliphatic carbocycles. The van der Waals surface area contributed by atoms with E-state index in [1.807, 2.05) is 0 Å². The third-order valence-corrected chi connectivity index (χ3v) is 5.20. The summed E-state index contributed by atoms with van der Waals surface area (Å²) in [6, 6.07) is 7.13. The van der Waals surface area contributed by atoms with E-state index in [1.165, 1.54) is 42.1 Å². The molecule has 17 heavy (non-hydrogen) atoms. The van der Waals surface area contributed by atoms with Crippen LogP contribution in [0.3, 0.4) is 0 Å². The molecule has 1 heteroatoms. The van der Waals surface area contributed by atoms with Crippen molar-refractivity contribution in [3.05, 3.63) is 34.9 Å². The number of aryl methyl sites for hydroxylation is 2. The molecule has 0 bridgehead atoms. The summed E-state index contributed by atoms with van der Waals surface area (Å²) in [6.07, 6.45) is 6.69. The second-order valence-corrected chi connectivity index (χ2v) is 6.06. The van der Waals surface area contributed by atoms with Gasteiger partial charge < -0.3 is 0 Å². The molecule has 0 radical (unpaired) electrons. The van der Waals surface area contributed by atoms with Crippen LogP contribution in [0.5, 0.6) is 0 Å². The van der Waals surface area contributed by atoms with Crippen molar-refractivity contribution in [3.8, 4) is 0 Å². The predicted octanol–water partition coefficient (Wildman–Crippen LogP) is 5.23. The number of benzene rings is 1. The molecule has 1 aromatic carbocycles. The lowest BCUT2D eigenvalue weighted by atomic mass is 9.79. The molecular formula is C16H23Br. The van der Waals surface area contributed by atoms with Crippen molar-refractivity contribution in [2.45, 2.75) is 51.9 Å². The van der Waals surface area contributed by atoms with Crippen LogP contribution >= 0.6 is 15.9 Å². The first-order valence-corrected chi connectivity index (χ1v) is 8.02. The van der Waals surface area contributed by atoms with Gasteiger partial charge in [-0.25, -0.2) is 0 Å². The summed E-state index contributed by atoms with van der Waals surface area (Å²) < 4.78 is 0. The molecule has 0 N–H and O–H groups in total. The standard InChI is InChI=1S/C16H23Br/c1-3-14-8-9-16(10-12(14)2)15-6-4-13(11-17)5-7-15/h8-10,13,15H,3-7,11H2,1-2H3. The van der Waals surface area contributed by atoms with Crippen LogP contribution < -0.4 is 0 Å². The highest BCUT2D eigenvalue weighted by Gasteiger charge is 2.21. The van der Waals surface area contributed by atoms with Crippen LogP contribution in [0.25, 0.3) is 0 Å². The van der Waals surface area contributed by atoms with E-state index in [-0.39, 0.29) is 0 Å². The molecule has 0 saturated heterocycles. The minimum absolute atomic E-state index is 0.815. The van der Waals surface area contributed by atoms with Gasteiger partial charge in [0, 0.05) is 5.33 Å². The smallest absolute Gasteiger partial charge is 0.00596 e. The largest absolute Gasteiger partial charge is 0.0925 e. The molecule has 1 fully saturated rings. The highest BCUT2D eigenvalue weighted by Crippen LogP contribution is 2.36. The first kappa shape index (κ1) is 13.1. The third-order valence-electron chi connectivity index (χ3n) is 4.28. The van der Waals surface area contributed by atoms with E-state index in [0.717, 1.165) is 18.3 Å². The minimum Gasteiger partial charge on any atom is -0.0925 e. The first-order valence-electron chi connectivity index (χ1n) is 6.90. The second-order valence-electron chi connectivity index (χ2n) is 5.41. The van der Waals surface area contributed by atoms with Gasteiger partial charge in [0.15, 0.2) is 0 Å². The van der Waals surface area contributed by atoms with Crippen molar-refractivity contribution in [3.63, 3.8) is 0 Å². The molecule has 0 nitrogen and oxygen atoms in total. The van der Waals surface area contributed by atoms with E-state index < -0.39 is 0 Å². The molecule has 0 unspecified atom stereocenters. The average molecular weight is 295 g/mol. The highest BCUT2D eigenvalue weighted by molar-refractivity contribution is 9.09. The third kappa shape index (κ3) is 3.13. The number of hydrogen-bond acceptors (Lipinski definition) is 0. The Morgan fingerprint density at radius 1 is 1.18 bits per heavy atom. The van der Waals surface area contributed by atoms with Gasteiger partial charge in [-0.1, -0.05) is 41.1 Å². The van der Waals surface area contributed by atoms with Crippen LogP contribution in [0.1, 0.15) is 55.2 Å². The molecule has 2 rings (SSSR count). The van der Waals surface area contributed by atoms with Gasteiger partial charge in [0.25, 0.3) is 0 Å². The number of halogens is 1. The Kier molecular flexibility index (Phi) is 4.67. The van der Waals surface area contributed by atoms with Gasteiger partial charge in [-0.2, -0.15) is 0 Å². The lowest BCUT2D eigenvalue weighted by Gasteiger charge is -2.28. The van der Waals surface area contributed by atoms with Gasteiger partial charge in [0.2, 0.25) is 0 Å². The molecule has 0 aromatic heterocycles. The molecule has 0 aliphatic heterocycles. The van der Waals surface area contributed by atoms with Gasteiger partial charge in [-0.15, -0.1) is 0 Å². The number of alkyl halides is 1. The summed E-state index contributed by atoms with van der Waals surface area (Å²) in [5, 5.41) is 1.19. The Morgan fingerprint density at radius 3 is 2.41 bits per heavy atom. The van der Waals surface area contributed by atoms with E-state index in [2.05, 4.69) is 48.0 Å². The fourth-order valence-electron chi connectivity index (χ4n) is 3.02. The average Bonchev–Trinajstić information content (AvgIpc) is 2.39. The maximum Gasteiger partial charge on any atom is 0.00596 e. The maximum absolute atomic E-state index is 3.62. The number of rotatable bonds is 3. The van der Waals surface area contributed by atoms with E-state index in [4.69, 9.17) is 0 Å². The molecule has 1 aromatic rings. The lowest BCUT2D eigenvalue weighted by Crippen LogP contribution is -2.14. The molecule has 0 amide bonds. The van der Waals surface area contributed by atoms with Crippen LogP contribution in [0, 0.1) is 12.8 Å². The molecule has 1 aliphatic rings. The zero-order valence-corrected chi connectivity index (χ0v) is 12.6. The zero-order chi connectivity index (χ0) is 12.3. The predicted molar refractivity (Wildman–Crippen MR) is 79.1 cm³/mol. The van der Waals surface area contributed by atoms with E-state index in [9.17, 15) is 0 Å². The van der Waals surface area contributed by atoms with Crippen molar-refractivity contribution in [2.75, 3.05) is 5.33 Å². The maximum atomic E-state index is 3.62.